The summed E-state index contributed by atoms with van der Waals surface area (Å²) in [5, 5.41) is 13.2. The van der Waals surface area contributed by atoms with E-state index in [4.69, 9.17) is 9.47 Å². The van der Waals surface area contributed by atoms with Gasteiger partial charge in [-0.05, 0) is 42.6 Å². The van der Waals surface area contributed by atoms with Crippen molar-refractivity contribution in [2.75, 3.05) is 27.3 Å². The standard InChI is InChI=1S/C20H22N2O2/c1-13-5-4-6-14(9-13)18-12-22-8-7-15-16(18)10-19(23-2)20(24-3)17(15)11-21/h4-6,9-10,18,22H,7-8,12H2,1-3H3/t18-/m1/s1. The highest BCUT2D eigenvalue weighted by Crippen LogP contribution is 2.40. The van der Waals surface area contributed by atoms with E-state index < -0.39 is 0 Å². The summed E-state index contributed by atoms with van der Waals surface area (Å²) in [5.41, 5.74) is 5.29. The van der Waals surface area contributed by atoms with Crippen molar-refractivity contribution in [1.82, 2.24) is 5.32 Å². The molecule has 1 atom stereocenters. The van der Waals surface area contributed by atoms with E-state index in [0.29, 0.717) is 17.1 Å². The molecule has 2 aromatic rings. The van der Waals surface area contributed by atoms with Crippen LogP contribution in [0.25, 0.3) is 0 Å². The fourth-order valence-corrected chi connectivity index (χ4v) is 3.51. The van der Waals surface area contributed by atoms with Gasteiger partial charge in [0, 0.05) is 12.5 Å². The molecule has 0 bridgehead atoms. The number of nitrogens with one attached hydrogen (secondary N) is 1. The predicted molar refractivity (Wildman–Crippen MR) is 93.9 cm³/mol. The van der Waals surface area contributed by atoms with Gasteiger partial charge in [0.05, 0.1) is 14.2 Å². The van der Waals surface area contributed by atoms with Gasteiger partial charge in [0.1, 0.15) is 11.6 Å². The second kappa shape index (κ2) is 6.94. The van der Waals surface area contributed by atoms with Crippen molar-refractivity contribution in [3.8, 4) is 17.6 Å². The first kappa shape index (κ1) is 16.4. The molecule has 124 valence electrons. The summed E-state index contributed by atoms with van der Waals surface area (Å²) < 4.78 is 11.0. The number of fused-ring (bicyclic) bond motifs is 1. The minimum atomic E-state index is 0.189. The van der Waals surface area contributed by atoms with Crippen molar-refractivity contribution in [2.45, 2.75) is 19.3 Å². The van der Waals surface area contributed by atoms with Crippen LogP contribution in [0.5, 0.6) is 11.5 Å². The normalized spacial score (nSPS) is 16.7. The van der Waals surface area contributed by atoms with Gasteiger partial charge in [0.15, 0.2) is 11.5 Å². The fourth-order valence-electron chi connectivity index (χ4n) is 3.51. The Hall–Kier alpha value is -2.51. The molecule has 4 heteroatoms. The Morgan fingerprint density at radius 1 is 1.21 bits per heavy atom. The van der Waals surface area contributed by atoms with E-state index in [1.54, 1.807) is 14.2 Å². The van der Waals surface area contributed by atoms with Crippen LogP contribution >= 0.6 is 0 Å². The van der Waals surface area contributed by atoms with Crippen molar-refractivity contribution >= 4 is 0 Å². The van der Waals surface area contributed by atoms with Gasteiger partial charge < -0.3 is 14.8 Å². The summed E-state index contributed by atoms with van der Waals surface area (Å²) in [7, 11) is 3.19. The molecule has 1 N–H and O–H groups in total. The van der Waals surface area contributed by atoms with Crippen LogP contribution in [-0.2, 0) is 6.42 Å². The molecule has 1 aliphatic rings. The summed E-state index contributed by atoms with van der Waals surface area (Å²) >= 11 is 0. The molecule has 1 aliphatic heterocycles. The van der Waals surface area contributed by atoms with Gasteiger partial charge in [0.2, 0.25) is 0 Å². The van der Waals surface area contributed by atoms with Crippen LogP contribution in [0.3, 0.4) is 0 Å². The van der Waals surface area contributed by atoms with Gasteiger partial charge in [-0.15, -0.1) is 0 Å². The van der Waals surface area contributed by atoms with Crippen LogP contribution in [-0.4, -0.2) is 27.3 Å². The first-order valence-electron chi connectivity index (χ1n) is 8.14. The maximum Gasteiger partial charge on any atom is 0.178 e. The molecule has 1 heterocycles. The number of rotatable bonds is 3. The van der Waals surface area contributed by atoms with E-state index in [0.717, 1.165) is 30.6 Å². The first-order chi connectivity index (χ1) is 11.7. The zero-order chi connectivity index (χ0) is 17.1. The molecule has 0 amide bonds. The Morgan fingerprint density at radius 2 is 2.04 bits per heavy atom. The molecule has 0 fully saturated rings. The molecular formula is C20H22N2O2. The number of aryl methyl sites for hydroxylation is 1. The van der Waals surface area contributed by atoms with Crippen molar-refractivity contribution in [3.63, 3.8) is 0 Å². The van der Waals surface area contributed by atoms with Crippen LogP contribution in [0.4, 0.5) is 0 Å². The molecule has 0 unspecified atom stereocenters. The zero-order valence-corrected chi connectivity index (χ0v) is 14.3. The molecule has 2 aromatic carbocycles. The Kier molecular flexibility index (Phi) is 4.73. The molecule has 0 aromatic heterocycles. The smallest absolute Gasteiger partial charge is 0.178 e. The van der Waals surface area contributed by atoms with Crippen LogP contribution < -0.4 is 14.8 Å². The number of nitrogens with zero attached hydrogens (tertiary/aromatic N) is 1. The molecular weight excluding hydrogens is 300 g/mol. The lowest BCUT2D eigenvalue weighted by Crippen LogP contribution is -2.20. The van der Waals surface area contributed by atoms with Gasteiger partial charge >= 0.3 is 0 Å². The van der Waals surface area contributed by atoms with E-state index >= 15 is 0 Å². The molecule has 3 rings (SSSR count). The van der Waals surface area contributed by atoms with Crippen LogP contribution in [0.15, 0.2) is 30.3 Å². The number of methoxy groups -OCH3 is 2. The van der Waals surface area contributed by atoms with Gasteiger partial charge in [-0.25, -0.2) is 0 Å². The van der Waals surface area contributed by atoms with E-state index in [9.17, 15) is 5.26 Å². The maximum atomic E-state index is 9.71. The topological polar surface area (TPSA) is 54.3 Å². The van der Waals surface area contributed by atoms with Crippen LogP contribution in [0.1, 0.15) is 33.7 Å². The van der Waals surface area contributed by atoms with Crippen molar-refractivity contribution in [3.05, 3.63) is 58.1 Å². The summed E-state index contributed by atoms with van der Waals surface area (Å²) in [6.45, 7) is 3.79. The zero-order valence-electron chi connectivity index (χ0n) is 14.3. The molecule has 0 saturated heterocycles. The molecule has 0 aliphatic carbocycles. The lowest BCUT2D eigenvalue weighted by atomic mass is 9.85. The summed E-state index contributed by atoms with van der Waals surface area (Å²) in [4.78, 5) is 0. The average Bonchev–Trinajstić information content (AvgIpc) is 2.82. The molecule has 0 saturated carbocycles. The third-order valence-corrected chi connectivity index (χ3v) is 4.64. The van der Waals surface area contributed by atoms with E-state index in [2.05, 4.69) is 42.6 Å². The monoisotopic (exact) mass is 322 g/mol. The lowest BCUT2D eigenvalue weighted by molar-refractivity contribution is 0.353. The SMILES string of the molecule is COc1cc2c(c(C#N)c1OC)CCNC[C@@H]2c1cccc(C)c1. The Balaban J connectivity index is 2.24. The maximum absolute atomic E-state index is 9.71. The van der Waals surface area contributed by atoms with Crippen LogP contribution in [0.2, 0.25) is 0 Å². The highest BCUT2D eigenvalue weighted by molar-refractivity contribution is 5.62. The predicted octanol–water partition coefficient (Wildman–Crippen LogP) is 3.16. The minimum absolute atomic E-state index is 0.189. The van der Waals surface area contributed by atoms with Gasteiger partial charge in [-0.1, -0.05) is 29.8 Å². The quantitative estimate of drug-likeness (QED) is 0.943. The summed E-state index contributed by atoms with van der Waals surface area (Å²) in [5.74, 6) is 1.34. The van der Waals surface area contributed by atoms with Gasteiger partial charge in [-0.3, -0.25) is 0 Å². The number of hydrogen-bond donors (Lipinski definition) is 1. The van der Waals surface area contributed by atoms with Crippen LogP contribution in [0, 0.1) is 18.3 Å². The summed E-state index contributed by atoms with van der Waals surface area (Å²) in [6, 6.07) is 12.9. The third kappa shape index (κ3) is 2.83. The second-order valence-electron chi connectivity index (χ2n) is 6.09. The highest BCUT2D eigenvalue weighted by Gasteiger charge is 2.27. The second-order valence-corrected chi connectivity index (χ2v) is 6.09. The van der Waals surface area contributed by atoms with Gasteiger partial charge in [-0.2, -0.15) is 5.26 Å². The third-order valence-electron chi connectivity index (χ3n) is 4.64. The van der Waals surface area contributed by atoms with Crippen molar-refractivity contribution in [1.29, 1.82) is 5.26 Å². The average molecular weight is 322 g/mol. The molecule has 0 spiro atoms. The highest BCUT2D eigenvalue weighted by atomic mass is 16.5. The largest absolute Gasteiger partial charge is 0.493 e. The van der Waals surface area contributed by atoms with Crippen molar-refractivity contribution in [2.24, 2.45) is 0 Å². The number of ether oxygens (including phenoxy) is 2. The molecule has 4 nitrogen and oxygen atoms in total. The lowest BCUT2D eigenvalue weighted by Gasteiger charge is -2.22. The molecule has 24 heavy (non-hydrogen) atoms. The first-order valence-corrected chi connectivity index (χ1v) is 8.14. The Bertz CT molecular complexity index is 793. The number of hydrogen-bond acceptors (Lipinski definition) is 4. The van der Waals surface area contributed by atoms with Crippen molar-refractivity contribution < 1.29 is 9.47 Å². The van der Waals surface area contributed by atoms with Gasteiger partial charge in [0.25, 0.3) is 0 Å². The minimum Gasteiger partial charge on any atom is -0.493 e. The van der Waals surface area contributed by atoms with E-state index in [-0.39, 0.29) is 5.92 Å². The fraction of sp³-hybridized carbons (Fsp3) is 0.350. The van der Waals surface area contributed by atoms with E-state index in [1.165, 1.54) is 11.1 Å². The Morgan fingerprint density at radius 3 is 2.71 bits per heavy atom. The summed E-state index contributed by atoms with van der Waals surface area (Å²) in [6.07, 6.45) is 0.806. The Labute approximate surface area is 143 Å². The number of nitriles is 1. The number of benzene rings is 2. The molecule has 0 radical (unpaired) electrons. The van der Waals surface area contributed by atoms with E-state index in [1.807, 2.05) is 6.07 Å².